The van der Waals surface area contributed by atoms with E-state index in [2.05, 4.69) is 15.0 Å². The van der Waals surface area contributed by atoms with Gasteiger partial charge in [-0.1, -0.05) is 17.8 Å². The second-order valence-electron chi connectivity index (χ2n) is 4.20. The highest BCUT2D eigenvalue weighted by molar-refractivity contribution is 7.19. The summed E-state index contributed by atoms with van der Waals surface area (Å²) in [5.41, 5.74) is 6.19. The van der Waals surface area contributed by atoms with E-state index in [1.165, 1.54) is 18.4 Å². The molecule has 0 bridgehead atoms. The molecule has 0 spiro atoms. The van der Waals surface area contributed by atoms with E-state index < -0.39 is 5.97 Å². The van der Waals surface area contributed by atoms with Gasteiger partial charge in [0.25, 0.3) is 0 Å². The van der Waals surface area contributed by atoms with E-state index in [1.807, 2.05) is 0 Å². The van der Waals surface area contributed by atoms with Gasteiger partial charge in [-0.25, -0.2) is 4.98 Å². The normalized spacial score (nSPS) is 14.9. The van der Waals surface area contributed by atoms with Crippen molar-refractivity contribution in [3.63, 3.8) is 0 Å². The van der Waals surface area contributed by atoms with Crippen LogP contribution in [0.25, 0.3) is 0 Å². The van der Waals surface area contributed by atoms with Gasteiger partial charge in [0, 0.05) is 5.92 Å². The number of nitrogens with one attached hydrogen (secondary N) is 1. The van der Waals surface area contributed by atoms with Crippen LogP contribution in [0.2, 0.25) is 0 Å². The standard InChI is InChI=1S/C11H15N3O3S/c1-17-8(15)5-7-9(12)18-11(13-7)14-10(16)6-3-2-4-6/h6H,2-5,12H2,1H3,(H,13,14,16). The van der Waals surface area contributed by atoms with Gasteiger partial charge >= 0.3 is 5.97 Å². The topological polar surface area (TPSA) is 94.3 Å². The number of nitrogens with zero attached hydrogens (tertiary/aromatic N) is 1. The van der Waals surface area contributed by atoms with E-state index in [9.17, 15) is 9.59 Å². The highest BCUT2D eigenvalue weighted by atomic mass is 32.1. The molecule has 6 nitrogen and oxygen atoms in total. The summed E-state index contributed by atoms with van der Waals surface area (Å²) in [6.07, 6.45) is 2.99. The van der Waals surface area contributed by atoms with Crippen LogP contribution in [0.4, 0.5) is 10.1 Å². The van der Waals surface area contributed by atoms with Gasteiger partial charge in [-0.2, -0.15) is 0 Å². The molecule has 1 amide bonds. The lowest BCUT2D eigenvalue weighted by atomic mass is 9.85. The van der Waals surface area contributed by atoms with Crippen molar-refractivity contribution < 1.29 is 14.3 Å². The summed E-state index contributed by atoms with van der Waals surface area (Å²) in [6.45, 7) is 0. The van der Waals surface area contributed by atoms with Crippen molar-refractivity contribution in [1.82, 2.24) is 4.98 Å². The van der Waals surface area contributed by atoms with E-state index in [1.54, 1.807) is 0 Å². The molecule has 1 saturated carbocycles. The number of hydrogen-bond donors (Lipinski definition) is 2. The number of anilines is 2. The fraction of sp³-hybridized carbons (Fsp3) is 0.545. The largest absolute Gasteiger partial charge is 0.469 e. The molecule has 98 valence electrons. The minimum absolute atomic E-state index is 0.0142. The molecule has 1 fully saturated rings. The van der Waals surface area contributed by atoms with Gasteiger partial charge in [-0.3, -0.25) is 9.59 Å². The Morgan fingerprint density at radius 3 is 2.83 bits per heavy atom. The Labute approximate surface area is 109 Å². The zero-order valence-corrected chi connectivity index (χ0v) is 10.9. The van der Waals surface area contributed by atoms with Crippen LogP contribution in [0.5, 0.6) is 0 Å². The lowest BCUT2D eigenvalue weighted by Gasteiger charge is -2.23. The average molecular weight is 269 g/mol. The van der Waals surface area contributed by atoms with Gasteiger partial charge < -0.3 is 15.8 Å². The number of esters is 1. The number of nitrogens with two attached hydrogens (primary N) is 1. The predicted molar refractivity (Wildman–Crippen MR) is 68.2 cm³/mol. The van der Waals surface area contributed by atoms with Crippen LogP contribution < -0.4 is 11.1 Å². The summed E-state index contributed by atoms with van der Waals surface area (Å²) in [6, 6.07) is 0. The van der Waals surface area contributed by atoms with Crippen LogP contribution in [-0.4, -0.2) is 24.0 Å². The molecule has 0 aromatic carbocycles. The number of aromatic nitrogens is 1. The van der Waals surface area contributed by atoms with Gasteiger partial charge in [0.1, 0.15) is 5.00 Å². The van der Waals surface area contributed by atoms with Crippen molar-refractivity contribution in [2.24, 2.45) is 5.92 Å². The van der Waals surface area contributed by atoms with Crippen molar-refractivity contribution in [2.75, 3.05) is 18.2 Å². The number of carbonyl (C=O) groups is 2. The molecule has 1 aromatic heterocycles. The first kappa shape index (κ1) is 12.8. The van der Waals surface area contributed by atoms with E-state index in [4.69, 9.17) is 5.73 Å². The maximum atomic E-state index is 11.7. The fourth-order valence-corrected chi connectivity index (χ4v) is 2.38. The summed E-state index contributed by atoms with van der Waals surface area (Å²) >= 11 is 1.17. The lowest BCUT2D eigenvalue weighted by molar-refractivity contribution is -0.139. The molecule has 3 N–H and O–H groups in total. The first-order valence-electron chi connectivity index (χ1n) is 5.73. The number of rotatable bonds is 4. The Morgan fingerprint density at radius 2 is 2.28 bits per heavy atom. The average Bonchev–Trinajstić information content (AvgIpc) is 2.56. The van der Waals surface area contributed by atoms with Gasteiger partial charge in [0.15, 0.2) is 5.13 Å². The van der Waals surface area contributed by atoms with E-state index in [-0.39, 0.29) is 18.2 Å². The van der Waals surface area contributed by atoms with Crippen LogP contribution in [0, 0.1) is 5.92 Å². The van der Waals surface area contributed by atoms with Crippen LogP contribution in [-0.2, 0) is 20.7 Å². The Morgan fingerprint density at radius 1 is 1.56 bits per heavy atom. The quantitative estimate of drug-likeness (QED) is 0.800. The van der Waals surface area contributed by atoms with Gasteiger partial charge in [-0.15, -0.1) is 0 Å². The predicted octanol–water partition coefficient (Wildman–Crippen LogP) is 1.18. The fourth-order valence-electron chi connectivity index (χ4n) is 1.63. The van der Waals surface area contributed by atoms with Crippen molar-refractivity contribution in [2.45, 2.75) is 25.7 Å². The molecule has 0 aliphatic heterocycles. The van der Waals surface area contributed by atoms with Crippen LogP contribution in [0.3, 0.4) is 0 Å². The summed E-state index contributed by atoms with van der Waals surface area (Å²) in [7, 11) is 1.31. The summed E-state index contributed by atoms with van der Waals surface area (Å²) < 4.78 is 4.55. The summed E-state index contributed by atoms with van der Waals surface area (Å²) in [5, 5.41) is 3.61. The minimum atomic E-state index is -0.399. The molecule has 0 saturated heterocycles. The molecule has 1 aromatic rings. The Hall–Kier alpha value is -1.63. The molecule has 2 rings (SSSR count). The Kier molecular flexibility index (Phi) is 3.81. The first-order valence-corrected chi connectivity index (χ1v) is 6.54. The highest BCUT2D eigenvalue weighted by Gasteiger charge is 2.26. The maximum Gasteiger partial charge on any atom is 0.311 e. The van der Waals surface area contributed by atoms with E-state index in [0.29, 0.717) is 15.8 Å². The smallest absolute Gasteiger partial charge is 0.311 e. The molecule has 1 aliphatic rings. The number of thiazole rings is 1. The second-order valence-corrected chi connectivity index (χ2v) is 5.23. The third-order valence-corrected chi connectivity index (χ3v) is 3.82. The molecular weight excluding hydrogens is 254 g/mol. The third kappa shape index (κ3) is 2.79. The van der Waals surface area contributed by atoms with Crippen LogP contribution in [0.15, 0.2) is 0 Å². The molecule has 0 atom stereocenters. The van der Waals surface area contributed by atoms with E-state index >= 15 is 0 Å². The van der Waals surface area contributed by atoms with Crippen molar-refractivity contribution in [3.8, 4) is 0 Å². The second kappa shape index (κ2) is 5.34. The summed E-state index contributed by atoms with van der Waals surface area (Å²) in [5.74, 6) is -0.317. The number of ether oxygens (including phenoxy) is 1. The Bertz CT molecular complexity index is 468. The molecule has 1 aliphatic carbocycles. The van der Waals surface area contributed by atoms with Crippen molar-refractivity contribution in [3.05, 3.63) is 5.69 Å². The third-order valence-electron chi connectivity index (χ3n) is 2.97. The van der Waals surface area contributed by atoms with Crippen molar-refractivity contribution in [1.29, 1.82) is 0 Å². The maximum absolute atomic E-state index is 11.7. The number of hydrogen-bond acceptors (Lipinski definition) is 6. The molecule has 7 heteroatoms. The monoisotopic (exact) mass is 269 g/mol. The molecule has 0 unspecified atom stereocenters. The Balaban J connectivity index is 1.99. The molecule has 1 heterocycles. The van der Waals surface area contributed by atoms with Crippen LogP contribution >= 0.6 is 11.3 Å². The lowest BCUT2D eigenvalue weighted by Crippen LogP contribution is -2.27. The number of methoxy groups -OCH3 is 1. The minimum Gasteiger partial charge on any atom is -0.469 e. The van der Waals surface area contributed by atoms with Crippen LogP contribution in [0.1, 0.15) is 25.0 Å². The number of amides is 1. The zero-order valence-electron chi connectivity index (χ0n) is 10.1. The molecular formula is C11H15N3O3S. The number of carbonyl (C=O) groups excluding carboxylic acids is 2. The molecule has 0 radical (unpaired) electrons. The molecule has 18 heavy (non-hydrogen) atoms. The number of nitrogen functional groups attached to an aromatic ring is 1. The van der Waals surface area contributed by atoms with Gasteiger partial charge in [0.2, 0.25) is 5.91 Å². The van der Waals surface area contributed by atoms with Gasteiger partial charge in [0.05, 0.1) is 19.2 Å². The van der Waals surface area contributed by atoms with E-state index in [0.717, 1.165) is 19.3 Å². The zero-order chi connectivity index (χ0) is 13.1. The van der Waals surface area contributed by atoms with Crippen molar-refractivity contribution >= 4 is 33.3 Å². The van der Waals surface area contributed by atoms with Gasteiger partial charge in [-0.05, 0) is 12.8 Å². The summed E-state index contributed by atoms with van der Waals surface area (Å²) in [4.78, 5) is 27.0. The SMILES string of the molecule is COC(=O)Cc1nc(NC(=O)C2CCC2)sc1N. The first-order chi connectivity index (χ1) is 8.60. The highest BCUT2D eigenvalue weighted by Crippen LogP contribution is 2.30.